The highest BCUT2D eigenvalue weighted by Crippen LogP contribution is 2.72. The molecule has 0 bridgehead atoms. The number of hydrogen-bond donors (Lipinski definition) is 4. The predicted octanol–water partition coefficient (Wildman–Crippen LogP) is 4.62. The van der Waals surface area contributed by atoms with Crippen LogP contribution in [-0.4, -0.2) is 69.0 Å². The van der Waals surface area contributed by atoms with E-state index in [1.54, 1.807) is 31.1 Å². The Morgan fingerprint density at radius 1 is 1.02 bits per heavy atom. The van der Waals surface area contributed by atoms with E-state index in [2.05, 4.69) is 34.6 Å². The Balaban J connectivity index is 1.48. The third-order valence-corrected chi connectivity index (χ3v) is 13.0. The molecule has 0 aromatic heterocycles. The molecule has 8 nitrogen and oxygen atoms in total. The number of rotatable bonds is 6. The van der Waals surface area contributed by atoms with E-state index in [0.717, 1.165) is 44.9 Å². The molecule has 0 aromatic rings. The minimum atomic E-state index is -1.52. The highest BCUT2D eigenvalue weighted by atomic mass is 16.7. The lowest BCUT2D eigenvalue weighted by Gasteiger charge is -2.60. The summed E-state index contributed by atoms with van der Waals surface area (Å²) in [6, 6.07) is 0. The monoisotopic (exact) mass is 602 g/mol. The van der Waals surface area contributed by atoms with E-state index in [0.29, 0.717) is 24.5 Å². The summed E-state index contributed by atoms with van der Waals surface area (Å²) < 4.78 is 10.9. The van der Waals surface area contributed by atoms with Gasteiger partial charge in [-0.25, -0.2) is 0 Å². The molecule has 5 aliphatic rings. The van der Waals surface area contributed by atoms with Crippen LogP contribution in [0.1, 0.15) is 106 Å². The SMILES string of the molecule is CC(C)(O)/C=C/C[C@@H](C(=O)O[C@@H]1[C@@H](O)[C@H](O)CO[C@H]1O)[C@H]1CC[C@@]2(C)C3=C(CC[C@]12C)[C@@]1(C)CCC(=O)C(C)(C)[C@@H]1CC3. The summed E-state index contributed by atoms with van der Waals surface area (Å²) in [7, 11) is 0. The predicted molar refractivity (Wildman–Crippen MR) is 161 cm³/mol. The number of carbonyl (C=O) groups excluding carboxylic acids is 2. The zero-order valence-electron chi connectivity index (χ0n) is 27.2. The molecule has 3 fully saturated rings. The fourth-order valence-electron chi connectivity index (χ4n) is 10.2. The van der Waals surface area contributed by atoms with Crippen molar-refractivity contribution in [3.05, 3.63) is 23.3 Å². The van der Waals surface area contributed by atoms with Gasteiger partial charge in [-0.15, -0.1) is 0 Å². The second kappa shape index (κ2) is 11.0. The van der Waals surface area contributed by atoms with E-state index in [1.165, 1.54) is 0 Å². The van der Waals surface area contributed by atoms with Crippen molar-refractivity contribution < 1.29 is 39.5 Å². The van der Waals surface area contributed by atoms with Gasteiger partial charge in [-0.1, -0.05) is 57.9 Å². The highest BCUT2D eigenvalue weighted by Gasteiger charge is 2.64. The second-order valence-corrected chi connectivity index (χ2v) is 16.1. The molecule has 43 heavy (non-hydrogen) atoms. The van der Waals surface area contributed by atoms with Crippen LogP contribution in [0.3, 0.4) is 0 Å². The molecule has 8 heteroatoms. The first-order valence-corrected chi connectivity index (χ1v) is 16.4. The lowest BCUT2D eigenvalue weighted by atomic mass is 9.43. The van der Waals surface area contributed by atoms with Gasteiger partial charge in [0.25, 0.3) is 0 Å². The quantitative estimate of drug-likeness (QED) is 0.256. The highest BCUT2D eigenvalue weighted by molar-refractivity contribution is 5.85. The molecular formula is C35H54O8. The molecule has 2 saturated carbocycles. The third-order valence-electron chi connectivity index (χ3n) is 13.0. The average molecular weight is 603 g/mol. The fraction of sp³-hybridized carbons (Fsp3) is 0.829. The molecule has 0 aromatic carbocycles. The Morgan fingerprint density at radius 2 is 1.72 bits per heavy atom. The molecular weight excluding hydrogens is 548 g/mol. The summed E-state index contributed by atoms with van der Waals surface area (Å²) in [5.41, 5.74) is 1.46. The molecule has 1 saturated heterocycles. The van der Waals surface area contributed by atoms with Crippen molar-refractivity contribution in [2.75, 3.05) is 6.61 Å². The van der Waals surface area contributed by atoms with Crippen LogP contribution in [0.4, 0.5) is 0 Å². The smallest absolute Gasteiger partial charge is 0.310 e. The summed E-state index contributed by atoms with van der Waals surface area (Å²) in [6.07, 6.45) is 5.45. The fourth-order valence-corrected chi connectivity index (χ4v) is 10.2. The van der Waals surface area contributed by atoms with E-state index in [9.17, 15) is 30.0 Å². The van der Waals surface area contributed by atoms with Crippen molar-refractivity contribution >= 4 is 11.8 Å². The third kappa shape index (κ3) is 5.27. The minimum Gasteiger partial charge on any atom is -0.454 e. The van der Waals surface area contributed by atoms with Crippen molar-refractivity contribution in [2.45, 2.75) is 136 Å². The van der Waals surface area contributed by atoms with Crippen molar-refractivity contribution in [3.8, 4) is 0 Å². The van der Waals surface area contributed by atoms with Gasteiger partial charge >= 0.3 is 5.97 Å². The van der Waals surface area contributed by atoms with Gasteiger partial charge in [-0.2, -0.15) is 0 Å². The van der Waals surface area contributed by atoms with Gasteiger partial charge in [0.05, 0.1) is 18.1 Å². The van der Waals surface area contributed by atoms with Gasteiger partial charge < -0.3 is 29.9 Å². The summed E-state index contributed by atoms with van der Waals surface area (Å²) in [4.78, 5) is 26.9. The molecule has 0 amide bonds. The van der Waals surface area contributed by atoms with Crippen molar-refractivity contribution in [1.29, 1.82) is 0 Å². The first-order chi connectivity index (χ1) is 19.9. The summed E-state index contributed by atoms with van der Waals surface area (Å²) in [5, 5.41) is 41.3. The molecule has 1 aliphatic heterocycles. The van der Waals surface area contributed by atoms with Gasteiger partial charge in [0.15, 0.2) is 12.4 Å². The number of ketones is 1. The van der Waals surface area contributed by atoms with Crippen molar-refractivity contribution in [3.63, 3.8) is 0 Å². The lowest BCUT2D eigenvalue weighted by molar-refractivity contribution is -0.262. The van der Waals surface area contributed by atoms with Gasteiger partial charge in [0.1, 0.15) is 18.0 Å². The number of esters is 1. The standard InChI is InChI=1S/C35H54O8/c1-31(2,41)15-8-9-20(29(39)43-28-27(38)24(36)19-42-30(28)40)21-12-17-35(7)23-10-11-25-32(3,4)26(37)14-16-33(25,5)22(23)13-18-34(21,35)6/h8,15,20-21,24-25,27-28,30,36,38,40-41H,9-14,16-19H2,1-7H3/b15-8+/t20-,21-,24-,25+,27+,28-,30-,33-,34-,35+/m1/s1. The number of ether oxygens (including phenoxy) is 2. The van der Waals surface area contributed by atoms with Gasteiger partial charge in [0.2, 0.25) is 0 Å². The van der Waals surface area contributed by atoms with Crippen LogP contribution in [0.15, 0.2) is 23.3 Å². The molecule has 0 unspecified atom stereocenters. The van der Waals surface area contributed by atoms with Crippen LogP contribution in [0.25, 0.3) is 0 Å². The van der Waals surface area contributed by atoms with Crippen LogP contribution in [-0.2, 0) is 19.1 Å². The molecule has 5 rings (SSSR count). The Labute approximate surface area is 256 Å². The molecule has 4 aliphatic carbocycles. The number of carbonyl (C=O) groups is 2. The molecule has 0 spiro atoms. The number of Topliss-reactive ketones (excluding diaryl/α,β-unsaturated/α-hetero) is 1. The van der Waals surface area contributed by atoms with Crippen LogP contribution in [0.5, 0.6) is 0 Å². The number of allylic oxidation sites excluding steroid dienone is 3. The van der Waals surface area contributed by atoms with E-state index in [1.807, 2.05) is 6.08 Å². The maximum atomic E-state index is 14.0. The zero-order valence-corrected chi connectivity index (χ0v) is 27.2. The van der Waals surface area contributed by atoms with E-state index in [-0.39, 0.29) is 34.2 Å². The van der Waals surface area contributed by atoms with Gasteiger partial charge in [0, 0.05) is 11.8 Å². The van der Waals surface area contributed by atoms with Crippen LogP contribution < -0.4 is 0 Å². The normalized spacial score (nSPS) is 43.7. The largest absolute Gasteiger partial charge is 0.454 e. The first kappa shape index (κ1) is 32.8. The Hall–Kier alpha value is -1.58. The first-order valence-electron chi connectivity index (χ1n) is 16.4. The maximum Gasteiger partial charge on any atom is 0.310 e. The van der Waals surface area contributed by atoms with Gasteiger partial charge in [-0.05, 0) is 93.3 Å². The van der Waals surface area contributed by atoms with Gasteiger partial charge in [-0.3, -0.25) is 9.59 Å². The van der Waals surface area contributed by atoms with E-state index >= 15 is 0 Å². The Morgan fingerprint density at radius 3 is 2.40 bits per heavy atom. The lowest BCUT2D eigenvalue weighted by Crippen LogP contribution is -2.56. The summed E-state index contributed by atoms with van der Waals surface area (Å²) in [5.74, 6) is -0.392. The van der Waals surface area contributed by atoms with E-state index in [4.69, 9.17) is 9.47 Å². The summed E-state index contributed by atoms with van der Waals surface area (Å²) >= 11 is 0. The molecule has 1 heterocycles. The van der Waals surface area contributed by atoms with Crippen LogP contribution in [0.2, 0.25) is 0 Å². The van der Waals surface area contributed by atoms with E-state index < -0.39 is 42.1 Å². The molecule has 242 valence electrons. The minimum absolute atomic E-state index is 0.00922. The van der Waals surface area contributed by atoms with Crippen molar-refractivity contribution in [2.24, 2.45) is 39.4 Å². The topological polar surface area (TPSA) is 134 Å². The second-order valence-electron chi connectivity index (χ2n) is 16.1. The Kier molecular flexibility index (Phi) is 8.42. The maximum absolute atomic E-state index is 14.0. The molecule has 4 N–H and O–H groups in total. The number of fused-ring (bicyclic) bond motifs is 4. The average Bonchev–Trinajstić information content (AvgIpc) is 3.19. The number of hydrogen-bond acceptors (Lipinski definition) is 8. The van der Waals surface area contributed by atoms with Crippen LogP contribution >= 0.6 is 0 Å². The van der Waals surface area contributed by atoms with Crippen molar-refractivity contribution in [1.82, 2.24) is 0 Å². The van der Waals surface area contributed by atoms with Crippen LogP contribution in [0, 0.1) is 39.4 Å². The molecule has 10 atom stereocenters. The zero-order chi connectivity index (χ0) is 31.8. The Bertz CT molecular complexity index is 1180. The summed E-state index contributed by atoms with van der Waals surface area (Å²) in [6.45, 7) is 14.5. The number of aliphatic hydroxyl groups is 4. The molecule has 0 radical (unpaired) electrons. The number of aliphatic hydroxyl groups excluding tert-OH is 3.